The Morgan fingerprint density at radius 1 is 1.32 bits per heavy atom. The van der Waals surface area contributed by atoms with Gasteiger partial charge >= 0.3 is 5.97 Å². The monoisotopic (exact) mass is 506 g/mol. The lowest BCUT2D eigenvalue weighted by atomic mass is 9.79. The van der Waals surface area contributed by atoms with E-state index in [0.717, 1.165) is 54.4 Å². The van der Waals surface area contributed by atoms with E-state index in [1.165, 1.54) is 19.3 Å². The number of hydrogen-bond acceptors (Lipinski definition) is 6. The summed E-state index contributed by atoms with van der Waals surface area (Å²) in [5, 5.41) is 22.7. The molecule has 2 heterocycles. The van der Waals surface area contributed by atoms with Crippen molar-refractivity contribution in [2.24, 2.45) is 11.8 Å². The molecule has 0 amide bonds. The molecule has 6 nitrogen and oxygen atoms in total. The first-order valence-corrected chi connectivity index (χ1v) is 13.7. The number of hydrogen-bond donors (Lipinski definition) is 2. The van der Waals surface area contributed by atoms with Gasteiger partial charge in [0.1, 0.15) is 5.75 Å². The SMILES string of the molecule is COc1ccc2ncc(Cl)c([C@@H](O)CC[C@@H]3CCN(CCSC4CCC4)C[C@@H]3CC(=O)O)c2c1. The molecule has 1 aromatic carbocycles. The van der Waals surface area contributed by atoms with E-state index in [2.05, 4.69) is 21.6 Å². The molecule has 0 radical (unpaired) electrons. The molecule has 1 aliphatic heterocycles. The summed E-state index contributed by atoms with van der Waals surface area (Å²) in [5.74, 6) is 1.47. The molecule has 1 saturated heterocycles. The summed E-state index contributed by atoms with van der Waals surface area (Å²) < 4.78 is 5.35. The lowest BCUT2D eigenvalue weighted by Gasteiger charge is -2.39. The van der Waals surface area contributed by atoms with E-state index in [1.54, 1.807) is 13.3 Å². The Morgan fingerprint density at radius 3 is 2.85 bits per heavy atom. The van der Waals surface area contributed by atoms with Gasteiger partial charge in [0.2, 0.25) is 0 Å². The van der Waals surface area contributed by atoms with E-state index in [0.29, 0.717) is 22.8 Å². The molecule has 0 spiro atoms. The van der Waals surface area contributed by atoms with E-state index in [1.807, 2.05) is 18.2 Å². The summed E-state index contributed by atoms with van der Waals surface area (Å²) >= 11 is 8.54. The molecule has 0 bridgehead atoms. The number of aliphatic hydroxyl groups is 1. The first-order valence-electron chi connectivity index (χ1n) is 12.3. The number of pyridine rings is 1. The van der Waals surface area contributed by atoms with Gasteiger partial charge in [-0.25, -0.2) is 0 Å². The lowest BCUT2D eigenvalue weighted by molar-refractivity contribution is -0.139. The van der Waals surface area contributed by atoms with Gasteiger partial charge in [-0.05, 0) is 68.7 Å². The Hall–Kier alpha value is -1.54. The molecular formula is C26H35ClN2O4S. The van der Waals surface area contributed by atoms with Crippen molar-refractivity contribution < 1.29 is 19.7 Å². The van der Waals surface area contributed by atoms with Gasteiger partial charge in [0, 0.05) is 47.7 Å². The first-order chi connectivity index (χ1) is 16.4. The predicted molar refractivity (Wildman–Crippen MR) is 138 cm³/mol. The van der Waals surface area contributed by atoms with E-state index in [-0.39, 0.29) is 18.3 Å². The molecule has 2 aliphatic rings. The maximum absolute atomic E-state index is 11.6. The highest BCUT2D eigenvalue weighted by Gasteiger charge is 2.31. The number of nitrogens with zero attached hydrogens (tertiary/aromatic N) is 2. The Bertz CT molecular complexity index is 987. The number of likely N-dealkylation sites (tertiary alicyclic amines) is 1. The standard InChI is InChI=1S/C26H35ClN2O4S/c1-33-19-6-7-23-21(14-19)26(22(27)15-28-23)24(30)8-5-17-9-10-29(16-18(17)13-25(31)32)11-12-34-20-3-2-4-20/h6-7,14-15,17-18,20,24,30H,2-5,8-13,16H2,1H3,(H,31,32)/t17-,18+,24+/m1/s1. The zero-order valence-electron chi connectivity index (χ0n) is 19.8. The number of aliphatic hydroxyl groups excluding tert-OH is 1. The maximum atomic E-state index is 11.6. The molecule has 0 unspecified atom stereocenters. The number of rotatable bonds is 11. The number of fused-ring (bicyclic) bond motifs is 1. The third-order valence-electron chi connectivity index (χ3n) is 7.44. The predicted octanol–water partition coefficient (Wildman–Crippen LogP) is 5.41. The Kier molecular flexibility index (Phi) is 8.97. The van der Waals surface area contributed by atoms with Crippen molar-refractivity contribution in [2.45, 2.75) is 56.3 Å². The molecule has 8 heteroatoms. The number of halogens is 1. The summed E-state index contributed by atoms with van der Waals surface area (Å²) in [5.41, 5.74) is 1.43. The van der Waals surface area contributed by atoms with Gasteiger partial charge < -0.3 is 19.8 Å². The molecule has 2 aromatic rings. The molecule has 2 N–H and O–H groups in total. The van der Waals surface area contributed by atoms with E-state index in [4.69, 9.17) is 16.3 Å². The van der Waals surface area contributed by atoms with Gasteiger partial charge in [-0.2, -0.15) is 11.8 Å². The summed E-state index contributed by atoms with van der Waals surface area (Å²) in [6.07, 6.45) is 7.36. The smallest absolute Gasteiger partial charge is 0.303 e. The molecular weight excluding hydrogens is 472 g/mol. The largest absolute Gasteiger partial charge is 0.497 e. The van der Waals surface area contributed by atoms with Crippen LogP contribution in [0.3, 0.4) is 0 Å². The second kappa shape index (κ2) is 11.9. The number of methoxy groups -OCH3 is 1. The van der Waals surface area contributed by atoms with Crippen LogP contribution in [0.1, 0.15) is 56.6 Å². The summed E-state index contributed by atoms with van der Waals surface area (Å²) in [6, 6.07) is 5.57. The van der Waals surface area contributed by atoms with Crippen LogP contribution in [0, 0.1) is 11.8 Å². The zero-order chi connectivity index (χ0) is 24.1. The van der Waals surface area contributed by atoms with E-state index in [9.17, 15) is 15.0 Å². The number of carboxylic acid groups (broad SMARTS) is 1. The van der Waals surface area contributed by atoms with E-state index >= 15 is 0 Å². The summed E-state index contributed by atoms with van der Waals surface area (Å²) in [6.45, 7) is 2.86. The van der Waals surface area contributed by atoms with Crippen LogP contribution in [0.5, 0.6) is 5.75 Å². The number of thioether (sulfide) groups is 1. The van der Waals surface area contributed by atoms with Crippen molar-refractivity contribution in [1.82, 2.24) is 9.88 Å². The van der Waals surface area contributed by atoms with Crippen LogP contribution < -0.4 is 4.74 Å². The highest BCUT2D eigenvalue weighted by atomic mass is 35.5. The highest BCUT2D eigenvalue weighted by molar-refractivity contribution is 7.99. The molecule has 1 aliphatic carbocycles. The van der Waals surface area contributed by atoms with Crippen molar-refractivity contribution in [3.63, 3.8) is 0 Å². The number of carboxylic acids is 1. The van der Waals surface area contributed by atoms with Crippen molar-refractivity contribution in [3.8, 4) is 5.75 Å². The van der Waals surface area contributed by atoms with Crippen LogP contribution in [-0.4, -0.2) is 63.8 Å². The number of benzene rings is 1. The normalized spacial score (nSPS) is 22.4. The topological polar surface area (TPSA) is 82.9 Å². The number of carbonyl (C=O) groups is 1. The minimum Gasteiger partial charge on any atom is -0.497 e. The first kappa shape index (κ1) is 25.5. The van der Waals surface area contributed by atoms with Gasteiger partial charge in [0.15, 0.2) is 0 Å². The number of ether oxygens (including phenoxy) is 1. The molecule has 34 heavy (non-hydrogen) atoms. The van der Waals surface area contributed by atoms with Crippen molar-refractivity contribution in [2.75, 3.05) is 32.5 Å². The third-order valence-corrected chi connectivity index (χ3v) is 9.10. The summed E-state index contributed by atoms with van der Waals surface area (Å²) in [7, 11) is 1.61. The molecule has 1 saturated carbocycles. The van der Waals surface area contributed by atoms with Crippen molar-refractivity contribution in [3.05, 3.63) is 35.0 Å². The fourth-order valence-corrected chi connectivity index (χ4v) is 6.87. The molecule has 186 valence electrons. The molecule has 3 atom stereocenters. The Morgan fingerprint density at radius 2 is 2.15 bits per heavy atom. The van der Waals surface area contributed by atoms with Crippen LogP contribution in [0.2, 0.25) is 5.02 Å². The Balaban J connectivity index is 1.38. The third kappa shape index (κ3) is 6.36. The van der Waals surface area contributed by atoms with Crippen LogP contribution in [-0.2, 0) is 4.79 Å². The average Bonchev–Trinajstić information content (AvgIpc) is 2.79. The fraction of sp³-hybridized carbons (Fsp3) is 0.615. The molecule has 4 rings (SSSR count). The number of piperidine rings is 1. The fourth-order valence-electron chi connectivity index (χ4n) is 5.23. The number of aromatic nitrogens is 1. The zero-order valence-corrected chi connectivity index (χ0v) is 21.4. The average molecular weight is 507 g/mol. The minimum absolute atomic E-state index is 0.108. The van der Waals surface area contributed by atoms with Gasteiger partial charge in [0.05, 0.1) is 23.8 Å². The van der Waals surface area contributed by atoms with Gasteiger partial charge in [-0.15, -0.1) is 0 Å². The lowest BCUT2D eigenvalue weighted by Crippen LogP contribution is -2.42. The van der Waals surface area contributed by atoms with Crippen LogP contribution in [0.4, 0.5) is 0 Å². The second-order valence-electron chi connectivity index (χ2n) is 9.63. The molecule has 2 fully saturated rings. The van der Waals surface area contributed by atoms with Crippen LogP contribution in [0.25, 0.3) is 10.9 Å². The van der Waals surface area contributed by atoms with E-state index < -0.39 is 12.1 Å². The van der Waals surface area contributed by atoms with Crippen LogP contribution in [0.15, 0.2) is 24.4 Å². The molecule has 1 aromatic heterocycles. The Labute approximate surface area is 211 Å². The maximum Gasteiger partial charge on any atom is 0.303 e. The van der Waals surface area contributed by atoms with Crippen LogP contribution >= 0.6 is 23.4 Å². The van der Waals surface area contributed by atoms with Gasteiger partial charge in [-0.3, -0.25) is 9.78 Å². The van der Waals surface area contributed by atoms with Gasteiger partial charge in [-0.1, -0.05) is 18.0 Å². The highest BCUT2D eigenvalue weighted by Crippen LogP contribution is 2.38. The quantitative estimate of drug-likeness (QED) is 0.421. The minimum atomic E-state index is -0.743. The second-order valence-corrected chi connectivity index (χ2v) is 11.4. The van der Waals surface area contributed by atoms with Gasteiger partial charge in [0.25, 0.3) is 0 Å². The summed E-state index contributed by atoms with van der Waals surface area (Å²) in [4.78, 5) is 18.4. The van der Waals surface area contributed by atoms with Crippen molar-refractivity contribution in [1.29, 1.82) is 0 Å². The van der Waals surface area contributed by atoms with Crippen molar-refractivity contribution >= 4 is 40.2 Å². The number of aliphatic carboxylic acids is 1.